The van der Waals surface area contributed by atoms with Crippen LogP contribution in [0.25, 0.3) is 0 Å². The zero-order valence-electron chi connectivity index (χ0n) is 16.0. The molecule has 0 atom stereocenters. The maximum Gasteiger partial charge on any atom is 0.348 e. The fraction of sp³-hybridized carbons (Fsp3) is 0.381. The summed E-state index contributed by atoms with van der Waals surface area (Å²) in [4.78, 5) is 37.6. The van der Waals surface area contributed by atoms with Crippen LogP contribution >= 0.6 is 11.3 Å². The van der Waals surface area contributed by atoms with Gasteiger partial charge in [-0.3, -0.25) is 9.59 Å². The molecule has 154 valence electrons. The molecule has 2 amide bonds. The molecule has 3 rings (SSSR count). The standard InChI is InChI=1S/C21H23FN2O4S/c22-15-7-9-16(10-8-15)24-19(25)12-23-20(26)13-28-21(27)18-11-14-5-3-1-2-4-6-17(14)29-18/h7-11H,1-6,12-13H2,(H,23,26)(H,24,25). The van der Waals surface area contributed by atoms with Crippen molar-refractivity contribution in [2.45, 2.75) is 38.5 Å². The summed E-state index contributed by atoms with van der Waals surface area (Å²) in [5, 5.41) is 4.91. The summed E-state index contributed by atoms with van der Waals surface area (Å²) in [5.74, 6) is -1.96. The number of aryl methyl sites for hydroxylation is 2. The molecule has 6 nitrogen and oxygen atoms in total. The number of carbonyl (C=O) groups excluding carboxylic acids is 3. The van der Waals surface area contributed by atoms with Gasteiger partial charge >= 0.3 is 5.97 Å². The van der Waals surface area contributed by atoms with Crippen LogP contribution in [0.2, 0.25) is 0 Å². The van der Waals surface area contributed by atoms with Crippen molar-refractivity contribution in [2.75, 3.05) is 18.5 Å². The summed E-state index contributed by atoms with van der Waals surface area (Å²) in [6.45, 7) is -0.730. The van der Waals surface area contributed by atoms with Crippen molar-refractivity contribution in [3.05, 3.63) is 51.5 Å². The Morgan fingerprint density at radius 1 is 1.00 bits per heavy atom. The SMILES string of the molecule is O=C(COC(=O)c1cc2c(s1)CCCCCC2)NCC(=O)Nc1ccc(F)cc1. The molecule has 0 radical (unpaired) electrons. The van der Waals surface area contributed by atoms with Gasteiger partial charge in [-0.05, 0) is 61.6 Å². The molecule has 0 spiro atoms. The summed E-state index contributed by atoms with van der Waals surface area (Å²) >= 11 is 1.44. The minimum absolute atomic E-state index is 0.277. The van der Waals surface area contributed by atoms with E-state index >= 15 is 0 Å². The Morgan fingerprint density at radius 3 is 2.48 bits per heavy atom. The van der Waals surface area contributed by atoms with Crippen LogP contribution in [0.3, 0.4) is 0 Å². The molecule has 29 heavy (non-hydrogen) atoms. The van der Waals surface area contributed by atoms with Gasteiger partial charge in [-0.1, -0.05) is 12.8 Å². The van der Waals surface area contributed by atoms with Crippen molar-refractivity contribution in [1.82, 2.24) is 5.32 Å². The van der Waals surface area contributed by atoms with Crippen LogP contribution in [0.4, 0.5) is 10.1 Å². The molecule has 0 bridgehead atoms. The second-order valence-corrected chi connectivity index (χ2v) is 8.02. The highest BCUT2D eigenvalue weighted by Gasteiger charge is 2.18. The van der Waals surface area contributed by atoms with Crippen LogP contribution in [-0.2, 0) is 27.2 Å². The van der Waals surface area contributed by atoms with Gasteiger partial charge in [-0.2, -0.15) is 0 Å². The first kappa shape index (κ1) is 21.0. The Balaban J connectivity index is 1.42. The number of benzene rings is 1. The van der Waals surface area contributed by atoms with E-state index in [0.29, 0.717) is 10.6 Å². The van der Waals surface area contributed by atoms with Gasteiger partial charge in [0.1, 0.15) is 10.7 Å². The van der Waals surface area contributed by atoms with Crippen molar-refractivity contribution in [3.63, 3.8) is 0 Å². The molecule has 0 unspecified atom stereocenters. The van der Waals surface area contributed by atoms with Crippen LogP contribution in [0.1, 0.15) is 45.8 Å². The van der Waals surface area contributed by atoms with Crippen molar-refractivity contribution in [1.29, 1.82) is 0 Å². The Kier molecular flexibility index (Phi) is 7.35. The van der Waals surface area contributed by atoms with E-state index in [1.54, 1.807) is 0 Å². The number of esters is 1. The number of hydrogen-bond acceptors (Lipinski definition) is 5. The molecule has 1 heterocycles. The van der Waals surface area contributed by atoms with Crippen LogP contribution in [0.15, 0.2) is 30.3 Å². The van der Waals surface area contributed by atoms with Gasteiger partial charge in [0, 0.05) is 10.6 Å². The van der Waals surface area contributed by atoms with E-state index < -0.39 is 30.2 Å². The summed E-state index contributed by atoms with van der Waals surface area (Å²) < 4.78 is 17.9. The fourth-order valence-corrected chi connectivity index (χ4v) is 4.26. The number of halogens is 1. The minimum Gasteiger partial charge on any atom is -0.451 e. The van der Waals surface area contributed by atoms with Gasteiger partial charge in [-0.15, -0.1) is 11.3 Å². The van der Waals surface area contributed by atoms with E-state index in [-0.39, 0.29) is 6.54 Å². The van der Waals surface area contributed by atoms with E-state index in [1.165, 1.54) is 58.9 Å². The number of rotatable bonds is 6. The molecule has 1 aromatic carbocycles. The van der Waals surface area contributed by atoms with Gasteiger partial charge in [0.2, 0.25) is 5.91 Å². The molecule has 0 aliphatic heterocycles. The highest BCUT2D eigenvalue weighted by Crippen LogP contribution is 2.28. The average Bonchev–Trinajstić information content (AvgIpc) is 3.08. The third-order valence-corrected chi connectivity index (χ3v) is 5.82. The van der Waals surface area contributed by atoms with Crippen LogP contribution in [0.5, 0.6) is 0 Å². The van der Waals surface area contributed by atoms with Crippen molar-refractivity contribution < 1.29 is 23.5 Å². The number of anilines is 1. The first-order valence-electron chi connectivity index (χ1n) is 9.62. The zero-order valence-corrected chi connectivity index (χ0v) is 16.8. The average molecular weight is 418 g/mol. The first-order chi connectivity index (χ1) is 14.0. The molecule has 1 aliphatic carbocycles. The van der Waals surface area contributed by atoms with Crippen molar-refractivity contribution in [3.8, 4) is 0 Å². The molecular weight excluding hydrogens is 395 g/mol. The van der Waals surface area contributed by atoms with E-state index in [1.807, 2.05) is 6.07 Å². The Morgan fingerprint density at radius 2 is 1.72 bits per heavy atom. The molecule has 2 N–H and O–H groups in total. The monoisotopic (exact) mass is 418 g/mol. The van der Waals surface area contributed by atoms with E-state index in [4.69, 9.17) is 4.74 Å². The number of nitrogens with one attached hydrogen (secondary N) is 2. The largest absolute Gasteiger partial charge is 0.451 e. The number of amides is 2. The van der Waals surface area contributed by atoms with Gasteiger partial charge in [0.15, 0.2) is 6.61 Å². The molecule has 8 heteroatoms. The number of hydrogen-bond donors (Lipinski definition) is 2. The lowest BCUT2D eigenvalue weighted by Gasteiger charge is -2.07. The summed E-state index contributed by atoms with van der Waals surface area (Å²) in [6, 6.07) is 7.16. The summed E-state index contributed by atoms with van der Waals surface area (Å²) in [7, 11) is 0. The van der Waals surface area contributed by atoms with Gasteiger partial charge in [0.25, 0.3) is 5.91 Å². The van der Waals surface area contributed by atoms with E-state index in [0.717, 1.165) is 25.7 Å². The van der Waals surface area contributed by atoms with Gasteiger partial charge in [0.05, 0.1) is 6.54 Å². The number of fused-ring (bicyclic) bond motifs is 1. The lowest BCUT2D eigenvalue weighted by atomic mass is 10.00. The predicted octanol–water partition coefficient (Wildman–Crippen LogP) is 3.46. The highest BCUT2D eigenvalue weighted by molar-refractivity contribution is 7.14. The van der Waals surface area contributed by atoms with Crippen molar-refractivity contribution >= 4 is 34.8 Å². The lowest BCUT2D eigenvalue weighted by molar-refractivity contribution is -0.126. The quantitative estimate of drug-likeness (QED) is 0.704. The Hall–Kier alpha value is -2.74. The Labute approximate surface area is 172 Å². The molecule has 1 aromatic heterocycles. The van der Waals surface area contributed by atoms with Crippen molar-refractivity contribution in [2.24, 2.45) is 0 Å². The lowest BCUT2D eigenvalue weighted by Crippen LogP contribution is -2.35. The number of thiophene rings is 1. The molecule has 0 saturated carbocycles. The minimum atomic E-state index is -0.567. The molecule has 2 aromatic rings. The second kappa shape index (κ2) is 10.2. The van der Waals surface area contributed by atoms with Gasteiger partial charge < -0.3 is 15.4 Å². The number of ether oxygens (including phenoxy) is 1. The third kappa shape index (κ3) is 6.39. The first-order valence-corrected chi connectivity index (χ1v) is 10.4. The fourth-order valence-electron chi connectivity index (χ4n) is 3.12. The second-order valence-electron chi connectivity index (χ2n) is 6.88. The molecule has 0 fully saturated rings. The number of carbonyl (C=O) groups is 3. The topological polar surface area (TPSA) is 84.5 Å². The van der Waals surface area contributed by atoms with Gasteiger partial charge in [-0.25, -0.2) is 9.18 Å². The maximum absolute atomic E-state index is 12.8. The molecule has 0 saturated heterocycles. The van der Waals surface area contributed by atoms with E-state index in [2.05, 4.69) is 10.6 Å². The van der Waals surface area contributed by atoms with Crippen LogP contribution in [-0.4, -0.2) is 30.9 Å². The smallest absolute Gasteiger partial charge is 0.348 e. The summed E-state index contributed by atoms with van der Waals surface area (Å²) in [5.41, 5.74) is 1.63. The Bertz CT molecular complexity index is 854. The van der Waals surface area contributed by atoms with Crippen LogP contribution < -0.4 is 10.6 Å². The predicted molar refractivity (Wildman–Crippen MR) is 109 cm³/mol. The molecule has 1 aliphatic rings. The maximum atomic E-state index is 12.8. The summed E-state index contributed by atoms with van der Waals surface area (Å²) in [6.07, 6.45) is 6.64. The van der Waals surface area contributed by atoms with E-state index in [9.17, 15) is 18.8 Å². The molecular formula is C21H23FN2O4S. The zero-order chi connectivity index (χ0) is 20.6. The normalized spacial score (nSPS) is 13.6. The third-order valence-electron chi connectivity index (χ3n) is 4.61. The highest BCUT2D eigenvalue weighted by atomic mass is 32.1. The van der Waals surface area contributed by atoms with Crippen LogP contribution in [0, 0.1) is 5.82 Å².